The summed E-state index contributed by atoms with van der Waals surface area (Å²) < 4.78 is 1.61. The van der Waals surface area contributed by atoms with Crippen molar-refractivity contribution in [2.45, 2.75) is 11.8 Å². The molecule has 0 radical (unpaired) electrons. The second-order valence-corrected chi connectivity index (χ2v) is 5.47. The van der Waals surface area contributed by atoms with Crippen LogP contribution in [0.2, 0.25) is 0 Å². The number of hydrogen-bond acceptors (Lipinski definition) is 4. The van der Waals surface area contributed by atoms with Gasteiger partial charge in [-0.3, -0.25) is 4.79 Å². The first-order valence-corrected chi connectivity index (χ1v) is 7.66. The van der Waals surface area contributed by atoms with Crippen molar-refractivity contribution in [3.8, 4) is 0 Å². The maximum atomic E-state index is 12.2. The molecule has 1 N–H and O–H groups in total. The molecule has 1 amide bonds. The number of carbonyl (C=O) groups excluding carboxylic acids is 1. The number of nitrogens with one attached hydrogen (secondary N) is 1. The van der Waals surface area contributed by atoms with Crippen LogP contribution in [0.1, 0.15) is 16.2 Å². The SMILES string of the molecule is CSc1ccc(NC(=O)c2ccc3nc(C)cn3n2)cc1. The van der Waals surface area contributed by atoms with E-state index in [4.69, 9.17) is 0 Å². The molecule has 1 aromatic carbocycles. The van der Waals surface area contributed by atoms with Crippen molar-refractivity contribution < 1.29 is 4.79 Å². The van der Waals surface area contributed by atoms with E-state index in [1.165, 1.54) is 0 Å². The number of aromatic nitrogens is 3. The molecule has 0 spiro atoms. The lowest BCUT2D eigenvalue weighted by Gasteiger charge is -2.05. The van der Waals surface area contributed by atoms with E-state index in [0.29, 0.717) is 5.69 Å². The molecule has 21 heavy (non-hydrogen) atoms. The van der Waals surface area contributed by atoms with Gasteiger partial charge in [-0.15, -0.1) is 11.8 Å². The second kappa shape index (κ2) is 5.57. The van der Waals surface area contributed by atoms with Crippen LogP contribution in [0.4, 0.5) is 5.69 Å². The van der Waals surface area contributed by atoms with E-state index < -0.39 is 0 Å². The fourth-order valence-corrected chi connectivity index (χ4v) is 2.40. The molecule has 0 aliphatic carbocycles. The monoisotopic (exact) mass is 298 g/mol. The lowest BCUT2D eigenvalue weighted by Crippen LogP contribution is -2.15. The number of anilines is 1. The van der Waals surface area contributed by atoms with Crippen molar-refractivity contribution in [1.82, 2.24) is 14.6 Å². The Morgan fingerprint density at radius 1 is 1.19 bits per heavy atom. The van der Waals surface area contributed by atoms with Crippen molar-refractivity contribution in [3.63, 3.8) is 0 Å². The van der Waals surface area contributed by atoms with Crippen LogP contribution < -0.4 is 5.32 Å². The summed E-state index contributed by atoms with van der Waals surface area (Å²) in [7, 11) is 0. The average molecular weight is 298 g/mol. The molecule has 0 fully saturated rings. The lowest BCUT2D eigenvalue weighted by atomic mass is 10.3. The van der Waals surface area contributed by atoms with Crippen molar-refractivity contribution >= 4 is 29.0 Å². The summed E-state index contributed by atoms with van der Waals surface area (Å²) in [6.07, 6.45) is 3.80. The minimum absolute atomic E-state index is 0.236. The highest BCUT2D eigenvalue weighted by atomic mass is 32.2. The standard InChI is InChI=1S/C15H14N4OS/c1-10-9-19-14(16-10)8-7-13(18-19)15(20)17-11-3-5-12(21-2)6-4-11/h3-9H,1-2H3,(H,17,20). The number of hydrogen-bond donors (Lipinski definition) is 1. The lowest BCUT2D eigenvalue weighted by molar-refractivity contribution is 0.102. The van der Waals surface area contributed by atoms with Gasteiger partial charge in [0.25, 0.3) is 5.91 Å². The van der Waals surface area contributed by atoms with E-state index in [0.717, 1.165) is 21.9 Å². The number of amides is 1. The quantitative estimate of drug-likeness (QED) is 0.755. The first-order valence-electron chi connectivity index (χ1n) is 6.44. The summed E-state index contributed by atoms with van der Waals surface area (Å²) in [4.78, 5) is 17.6. The predicted octanol–water partition coefficient (Wildman–Crippen LogP) is 3.01. The molecule has 0 unspecified atom stereocenters. The van der Waals surface area contributed by atoms with Crippen molar-refractivity contribution in [3.05, 3.63) is 54.0 Å². The Bertz CT molecular complexity index is 795. The molecular formula is C15H14N4OS. The highest BCUT2D eigenvalue weighted by Crippen LogP contribution is 2.17. The predicted molar refractivity (Wildman–Crippen MR) is 83.9 cm³/mol. The molecule has 0 atom stereocenters. The van der Waals surface area contributed by atoms with Crippen LogP contribution in [-0.2, 0) is 0 Å². The fourth-order valence-electron chi connectivity index (χ4n) is 1.99. The van der Waals surface area contributed by atoms with Crippen LogP contribution in [0.25, 0.3) is 5.65 Å². The number of benzene rings is 1. The first-order chi connectivity index (χ1) is 10.2. The zero-order valence-electron chi connectivity index (χ0n) is 11.7. The maximum Gasteiger partial charge on any atom is 0.276 e. The smallest absolute Gasteiger partial charge is 0.276 e. The molecule has 5 nitrogen and oxygen atoms in total. The summed E-state index contributed by atoms with van der Waals surface area (Å²) in [5.41, 5.74) is 2.71. The van der Waals surface area contributed by atoms with E-state index in [1.54, 1.807) is 34.6 Å². The molecule has 0 saturated carbocycles. The molecule has 3 rings (SSSR count). The Kier molecular flexibility index (Phi) is 3.62. The highest BCUT2D eigenvalue weighted by molar-refractivity contribution is 7.98. The molecule has 2 heterocycles. The first kappa shape index (κ1) is 13.6. The van der Waals surface area contributed by atoms with E-state index in [1.807, 2.05) is 37.4 Å². The summed E-state index contributed by atoms with van der Waals surface area (Å²) in [5.74, 6) is -0.236. The molecule has 0 aliphatic rings. The number of rotatable bonds is 3. The number of aryl methyl sites for hydroxylation is 1. The van der Waals surface area contributed by atoms with E-state index in [-0.39, 0.29) is 5.91 Å². The van der Waals surface area contributed by atoms with Crippen LogP contribution >= 0.6 is 11.8 Å². The van der Waals surface area contributed by atoms with Crippen LogP contribution in [-0.4, -0.2) is 26.8 Å². The van der Waals surface area contributed by atoms with E-state index in [9.17, 15) is 4.79 Å². The van der Waals surface area contributed by atoms with Gasteiger partial charge in [-0.05, 0) is 49.6 Å². The summed E-state index contributed by atoms with van der Waals surface area (Å²) in [6, 6.07) is 11.2. The van der Waals surface area contributed by atoms with E-state index in [2.05, 4.69) is 15.4 Å². The third-order valence-corrected chi connectivity index (χ3v) is 3.76. The molecule has 0 aliphatic heterocycles. The van der Waals surface area contributed by atoms with Crippen LogP contribution in [0, 0.1) is 6.92 Å². The Morgan fingerprint density at radius 3 is 2.67 bits per heavy atom. The van der Waals surface area contributed by atoms with Gasteiger partial charge >= 0.3 is 0 Å². The summed E-state index contributed by atoms with van der Waals surface area (Å²) >= 11 is 1.66. The molecule has 0 bridgehead atoms. The Morgan fingerprint density at radius 2 is 1.95 bits per heavy atom. The number of thioether (sulfide) groups is 1. The third-order valence-electron chi connectivity index (χ3n) is 3.02. The van der Waals surface area contributed by atoms with Gasteiger partial charge in [-0.25, -0.2) is 9.50 Å². The van der Waals surface area contributed by atoms with Crippen molar-refractivity contribution in [2.24, 2.45) is 0 Å². The zero-order valence-corrected chi connectivity index (χ0v) is 12.5. The van der Waals surface area contributed by atoms with E-state index >= 15 is 0 Å². The molecule has 6 heteroatoms. The van der Waals surface area contributed by atoms with Gasteiger partial charge in [0.05, 0.1) is 11.9 Å². The topological polar surface area (TPSA) is 59.3 Å². The van der Waals surface area contributed by atoms with Crippen LogP contribution in [0.5, 0.6) is 0 Å². The zero-order chi connectivity index (χ0) is 14.8. The molecule has 2 aromatic heterocycles. The van der Waals surface area contributed by atoms with Gasteiger partial charge in [0.2, 0.25) is 0 Å². The number of imidazole rings is 1. The molecule has 106 valence electrons. The van der Waals surface area contributed by atoms with Gasteiger partial charge in [-0.1, -0.05) is 0 Å². The maximum absolute atomic E-state index is 12.2. The highest BCUT2D eigenvalue weighted by Gasteiger charge is 2.09. The van der Waals surface area contributed by atoms with Crippen LogP contribution in [0.15, 0.2) is 47.5 Å². The van der Waals surface area contributed by atoms with Gasteiger partial charge < -0.3 is 5.32 Å². The summed E-state index contributed by atoms with van der Waals surface area (Å²) in [6.45, 7) is 1.89. The number of fused-ring (bicyclic) bond motifs is 1. The molecule has 0 saturated heterocycles. The fraction of sp³-hybridized carbons (Fsp3) is 0.133. The minimum Gasteiger partial charge on any atom is -0.321 e. The Balaban J connectivity index is 1.82. The second-order valence-electron chi connectivity index (χ2n) is 4.59. The number of nitrogens with zero attached hydrogens (tertiary/aromatic N) is 3. The average Bonchev–Trinajstić information content (AvgIpc) is 2.87. The minimum atomic E-state index is -0.236. The van der Waals surface area contributed by atoms with Gasteiger partial charge in [0, 0.05) is 10.6 Å². The van der Waals surface area contributed by atoms with Crippen LogP contribution in [0.3, 0.4) is 0 Å². The van der Waals surface area contributed by atoms with Gasteiger partial charge in [0.1, 0.15) is 5.69 Å². The van der Waals surface area contributed by atoms with Crippen molar-refractivity contribution in [1.29, 1.82) is 0 Å². The van der Waals surface area contributed by atoms with Crippen molar-refractivity contribution in [2.75, 3.05) is 11.6 Å². The van der Waals surface area contributed by atoms with Gasteiger partial charge in [0.15, 0.2) is 5.65 Å². The largest absolute Gasteiger partial charge is 0.321 e. The van der Waals surface area contributed by atoms with Gasteiger partial charge in [-0.2, -0.15) is 5.10 Å². The Labute approximate surface area is 126 Å². The summed E-state index contributed by atoms with van der Waals surface area (Å²) in [5, 5.41) is 7.10. The molecular weight excluding hydrogens is 284 g/mol. The third kappa shape index (κ3) is 2.90. The normalized spacial score (nSPS) is 10.8. The number of carbonyl (C=O) groups is 1. The molecule has 3 aromatic rings. The Hall–Kier alpha value is -2.34.